The van der Waals surface area contributed by atoms with Crippen LogP contribution < -0.4 is 5.32 Å². The number of hydrogen-bond acceptors (Lipinski definition) is 7. The lowest BCUT2D eigenvalue weighted by molar-refractivity contribution is -0.119. The third-order valence-electron chi connectivity index (χ3n) is 3.02. The summed E-state index contributed by atoms with van der Waals surface area (Å²) in [4.78, 5) is 27.8. The number of thiazole rings is 1. The number of carbonyl (C=O) groups is 2. The Kier molecular flexibility index (Phi) is 5.15. The Labute approximate surface area is 154 Å². The quantitative estimate of drug-likeness (QED) is 0.608. The molecule has 1 amide bonds. The van der Waals surface area contributed by atoms with Crippen LogP contribution in [0.2, 0.25) is 0 Å². The molecule has 0 bridgehead atoms. The fourth-order valence-electron chi connectivity index (χ4n) is 1.88. The minimum absolute atomic E-state index is 0.00328. The Bertz CT molecular complexity index is 903. The zero-order valence-electron chi connectivity index (χ0n) is 12.6. The fraction of sp³-hybridized carbons (Fsp3) is 0.0625. The maximum Gasteiger partial charge on any atom is 0.374 e. The van der Waals surface area contributed by atoms with Gasteiger partial charge in [0.1, 0.15) is 5.75 Å². The first kappa shape index (κ1) is 17.2. The molecule has 0 aliphatic rings. The monoisotopic (exact) mass is 422 g/mol. The number of nitrogens with zero attached hydrogens (tertiary/aromatic N) is 1. The number of nitrogens with one attached hydrogen (secondary N) is 1. The van der Waals surface area contributed by atoms with Gasteiger partial charge in [0.2, 0.25) is 5.76 Å². The van der Waals surface area contributed by atoms with Gasteiger partial charge in [0.25, 0.3) is 5.91 Å². The van der Waals surface area contributed by atoms with Gasteiger partial charge in [0.15, 0.2) is 16.4 Å². The van der Waals surface area contributed by atoms with E-state index < -0.39 is 18.5 Å². The van der Waals surface area contributed by atoms with Crippen molar-refractivity contribution >= 4 is 44.3 Å². The molecule has 25 heavy (non-hydrogen) atoms. The molecule has 0 fully saturated rings. The number of anilines is 1. The molecule has 3 aromatic rings. The van der Waals surface area contributed by atoms with E-state index in [-0.39, 0.29) is 11.5 Å². The number of rotatable bonds is 5. The van der Waals surface area contributed by atoms with Crippen LogP contribution in [0.1, 0.15) is 10.6 Å². The average Bonchev–Trinajstić information content (AvgIpc) is 3.22. The Hall–Kier alpha value is -2.65. The molecule has 2 heterocycles. The van der Waals surface area contributed by atoms with Crippen LogP contribution in [0.3, 0.4) is 0 Å². The van der Waals surface area contributed by atoms with Gasteiger partial charge in [-0.25, -0.2) is 9.78 Å². The van der Waals surface area contributed by atoms with Crippen LogP contribution in [0.5, 0.6) is 5.75 Å². The normalized spacial score (nSPS) is 10.4. The van der Waals surface area contributed by atoms with Crippen molar-refractivity contribution in [3.63, 3.8) is 0 Å². The molecule has 9 heteroatoms. The number of esters is 1. The summed E-state index contributed by atoms with van der Waals surface area (Å²) < 4.78 is 10.3. The molecule has 0 saturated heterocycles. The molecular formula is C16H11BrN2O5S. The lowest BCUT2D eigenvalue weighted by Crippen LogP contribution is -2.20. The summed E-state index contributed by atoms with van der Waals surface area (Å²) in [6.07, 6.45) is 0. The standard InChI is InChI=1S/C16H11BrN2O5S/c17-13-6-5-12(24-13)15(22)23-7-14(21)19-16-18-11(8-25-16)9-1-3-10(20)4-2-9/h1-6,8,20H,7H2,(H,18,19,21). The second kappa shape index (κ2) is 7.49. The first-order valence-corrected chi connectivity index (χ1v) is 8.66. The van der Waals surface area contributed by atoms with Crippen LogP contribution in [0.15, 0.2) is 50.9 Å². The number of aromatic hydroxyl groups is 1. The third kappa shape index (κ3) is 4.46. The van der Waals surface area contributed by atoms with Crippen molar-refractivity contribution < 1.29 is 23.8 Å². The minimum Gasteiger partial charge on any atom is -0.508 e. The van der Waals surface area contributed by atoms with Gasteiger partial charge >= 0.3 is 5.97 Å². The molecule has 7 nitrogen and oxygen atoms in total. The second-order valence-corrected chi connectivity index (χ2v) is 6.45. The summed E-state index contributed by atoms with van der Waals surface area (Å²) in [5, 5.41) is 14.0. The molecule has 2 aromatic heterocycles. The predicted octanol–water partition coefficient (Wildman–Crippen LogP) is 3.67. The van der Waals surface area contributed by atoms with Gasteiger partial charge in [-0.05, 0) is 52.3 Å². The largest absolute Gasteiger partial charge is 0.508 e. The summed E-state index contributed by atoms with van der Waals surface area (Å²) in [5.74, 6) is -1.07. The highest BCUT2D eigenvalue weighted by molar-refractivity contribution is 9.10. The van der Waals surface area contributed by atoms with E-state index in [0.717, 1.165) is 5.56 Å². The van der Waals surface area contributed by atoms with Crippen LogP contribution >= 0.6 is 27.3 Å². The van der Waals surface area contributed by atoms with Gasteiger partial charge < -0.3 is 14.3 Å². The summed E-state index contributed by atoms with van der Waals surface area (Å²) in [6.45, 7) is -0.453. The van der Waals surface area contributed by atoms with Gasteiger partial charge in [-0.15, -0.1) is 11.3 Å². The van der Waals surface area contributed by atoms with Gasteiger partial charge in [-0.2, -0.15) is 0 Å². The van der Waals surface area contributed by atoms with Crippen molar-refractivity contribution in [3.05, 3.63) is 52.2 Å². The molecular weight excluding hydrogens is 412 g/mol. The molecule has 128 valence electrons. The number of hydrogen-bond donors (Lipinski definition) is 2. The van der Waals surface area contributed by atoms with Crippen LogP contribution in [-0.4, -0.2) is 28.6 Å². The third-order valence-corrected chi connectivity index (χ3v) is 4.21. The van der Waals surface area contributed by atoms with E-state index in [1.165, 1.54) is 17.4 Å². The highest BCUT2D eigenvalue weighted by atomic mass is 79.9. The SMILES string of the molecule is O=C(COC(=O)c1ccc(Br)o1)Nc1nc(-c2ccc(O)cc2)cs1. The molecule has 0 spiro atoms. The average molecular weight is 423 g/mol. The van der Waals surface area contributed by atoms with Crippen LogP contribution in [0, 0.1) is 0 Å². The van der Waals surface area contributed by atoms with E-state index in [9.17, 15) is 14.7 Å². The highest BCUT2D eigenvalue weighted by Gasteiger charge is 2.15. The van der Waals surface area contributed by atoms with Crippen molar-refractivity contribution in [1.82, 2.24) is 4.98 Å². The molecule has 0 saturated carbocycles. The number of halogens is 1. The Morgan fingerprint density at radius 2 is 2.00 bits per heavy atom. The maximum atomic E-state index is 11.8. The van der Waals surface area contributed by atoms with Crippen molar-refractivity contribution in [3.8, 4) is 17.0 Å². The Balaban J connectivity index is 1.55. The lowest BCUT2D eigenvalue weighted by atomic mass is 10.2. The second-order valence-electron chi connectivity index (χ2n) is 4.81. The molecule has 0 atom stereocenters. The van der Waals surface area contributed by atoms with Crippen LogP contribution in [0.25, 0.3) is 11.3 Å². The predicted molar refractivity (Wildman–Crippen MR) is 94.5 cm³/mol. The van der Waals surface area contributed by atoms with E-state index in [1.54, 1.807) is 35.7 Å². The molecule has 0 unspecified atom stereocenters. The van der Waals surface area contributed by atoms with Crippen LogP contribution in [-0.2, 0) is 9.53 Å². The van der Waals surface area contributed by atoms with E-state index >= 15 is 0 Å². The molecule has 2 N–H and O–H groups in total. The summed E-state index contributed by atoms with van der Waals surface area (Å²) in [5.41, 5.74) is 1.47. The van der Waals surface area contributed by atoms with E-state index in [1.807, 2.05) is 0 Å². The van der Waals surface area contributed by atoms with Crippen molar-refractivity contribution in [2.75, 3.05) is 11.9 Å². The summed E-state index contributed by atoms with van der Waals surface area (Å²) >= 11 is 4.32. The summed E-state index contributed by atoms with van der Waals surface area (Å²) in [7, 11) is 0. The first-order chi connectivity index (χ1) is 12.0. The number of amides is 1. The van der Waals surface area contributed by atoms with Crippen molar-refractivity contribution in [2.24, 2.45) is 0 Å². The smallest absolute Gasteiger partial charge is 0.374 e. The molecule has 0 aliphatic heterocycles. The Morgan fingerprint density at radius 3 is 2.68 bits per heavy atom. The fourth-order valence-corrected chi connectivity index (χ4v) is 2.92. The summed E-state index contributed by atoms with van der Waals surface area (Å²) in [6, 6.07) is 9.55. The number of benzene rings is 1. The zero-order valence-corrected chi connectivity index (χ0v) is 15.0. The number of phenolic OH excluding ortho intramolecular Hbond substituents is 1. The van der Waals surface area contributed by atoms with Crippen molar-refractivity contribution in [2.45, 2.75) is 0 Å². The Morgan fingerprint density at radius 1 is 1.24 bits per heavy atom. The number of aromatic nitrogens is 1. The number of ether oxygens (including phenoxy) is 1. The number of furan rings is 1. The first-order valence-electron chi connectivity index (χ1n) is 6.98. The molecule has 3 rings (SSSR count). The minimum atomic E-state index is -0.732. The van der Waals surface area contributed by atoms with Crippen molar-refractivity contribution in [1.29, 1.82) is 0 Å². The molecule has 0 aliphatic carbocycles. The topological polar surface area (TPSA) is 102 Å². The molecule has 1 aromatic carbocycles. The van der Waals surface area contributed by atoms with Gasteiger partial charge in [-0.1, -0.05) is 0 Å². The number of carbonyl (C=O) groups excluding carboxylic acids is 2. The van der Waals surface area contributed by atoms with E-state index in [0.29, 0.717) is 15.5 Å². The number of phenols is 1. The van der Waals surface area contributed by atoms with Gasteiger partial charge in [-0.3, -0.25) is 10.1 Å². The zero-order chi connectivity index (χ0) is 17.8. The van der Waals surface area contributed by atoms with Crippen LogP contribution in [0.4, 0.5) is 5.13 Å². The lowest BCUT2D eigenvalue weighted by Gasteiger charge is -2.03. The molecule has 0 radical (unpaired) electrons. The van der Waals surface area contributed by atoms with E-state index in [4.69, 9.17) is 9.15 Å². The highest BCUT2D eigenvalue weighted by Crippen LogP contribution is 2.26. The van der Waals surface area contributed by atoms with Gasteiger partial charge in [0.05, 0.1) is 5.69 Å². The van der Waals surface area contributed by atoms with Gasteiger partial charge in [0, 0.05) is 10.9 Å². The maximum absolute atomic E-state index is 11.8. The van der Waals surface area contributed by atoms with E-state index in [2.05, 4.69) is 26.2 Å².